The van der Waals surface area contributed by atoms with Gasteiger partial charge >= 0.3 is 0 Å². The average Bonchev–Trinajstić information content (AvgIpc) is 2.83. The number of rotatable bonds is 2. The topological polar surface area (TPSA) is 41.6 Å². The molecule has 0 saturated carbocycles. The Hall–Kier alpha value is -1.26. The highest BCUT2D eigenvalue weighted by Gasteiger charge is 2.41. The van der Waals surface area contributed by atoms with Crippen molar-refractivity contribution >= 4 is 28.9 Å². The smallest absolute Gasteiger partial charge is 0.232 e. The molecule has 2 atom stereocenters. The molecule has 1 aromatic carbocycles. The summed E-state index contributed by atoms with van der Waals surface area (Å²) in [4.78, 5) is 14.5. The van der Waals surface area contributed by atoms with Crippen molar-refractivity contribution in [2.24, 2.45) is 5.92 Å². The van der Waals surface area contributed by atoms with Crippen LogP contribution >= 0.6 is 11.6 Å². The Labute approximate surface area is 117 Å². The normalized spacial score (nSPS) is 25.6. The molecule has 2 aliphatic rings. The van der Waals surface area contributed by atoms with E-state index in [2.05, 4.69) is 17.1 Å². The molecule has 2 unspecified atom stereocenters. The summed E-state index contributed by atoms with van der Waals surface area (Å²) >= 11 is 6.10. The van der Waals surface area contributed by atoms with Crippen molar-refractivity contribution in [2.75, 3.05) is 30.0 Å². The molecule has 5 heteroatoms. The second-order valence-electron chi connectivity index (χ2n) is 5.06. The summed E-state index contributed by atoms with van der Waals surface area (Å²) in [5, 5.41) is 3.68. The molecule has 3 rings (SSSR count). The van der Waals surface area contributed by atoms with Gasteiger partial charge in [-0.2, -0.15) is 0 Å². The van der Waals surface area contributed by atoms with Gasteiger partial charge in [-0.15, -0.1) is 0 Å². The lowest BCUT2D eigenvalue weighted by molar-refractivity contribution is -0.120. The number of halogens is 1. The summed E-state index contributed by atoms with van der Waals surface area (Å²) in [6, 6.07) is 5.72. The molecule has 19 heavy (non-hydrogen) atoms. The Bertz CT molecular complexity index is 506. The quantitative estimate of drug-likeness (QED) is 0.905. The van der Waals surface area contributed by atoms with Crippen molar-refractivity contribution in [1.29, 1.82) is 0 Å². The monoisotopic (exact) mass is 280 g/mol. The van der Waals surface area contributed by atoms with Crippen LogP contribution in [-0.4, -0.2) is 31.7 Å². The zero-order chi connectivity index (χ0) is 13.4. The number of nitrogens with zero attached hydrogens (tertiary/aromatic N) is 1. The number of fused-ring (bicyclic) bond motifs is 2. The summed E-state index contributed by atoms with van der Waals surface area (Å²) in [5.74, 6) is -0.0533. The van der Waals surface area contributed by atoms with E-state index >= 15 is 0 Å². The van der Waals surface area contributed by atoms with Crippen molar-refractivity contribution in [3.05, 3.63) is 23.2 Å². The minimum Gasteiger partial charge on any atom is -0.378 e. The van der Waals surface area contributed by atoms with Gasteiger partial charge in [0, 0.05) is 11.6 Å². The van der Waals surface area contributed by atoms with Crippen LogP contribution in [0, 0.1) is 5.92 Å². The average molecular weight is 281 g/mol. The van der Waals surface area contributed by atoms with E-state index in [4.69, 9.17) is 16.3 Å². The van der Waals surface area contributed by atoms with Gasteiger partial charge in [0.2, 0.25) is 5.91 Å². The van der Waals surface area contributed by atoms with E-state index in [1.165, 1.54) is 0 Å². The predicted molar refractivity (Wildman–Crippen MR) is 75.8 cm³/mol. The van der Waals surface area contributed by atoms with Crippen molar-refractivity contribution in [2.45, 2.75) is 19.4 Å². The molecule has 1 saturated heterocycles. The van der Waals surface area contributed by atoms with Gasteiger partial charge < -0.3 is 15.0 Å². The van der Waals surface area contributed by atoms with Gasteiger partial charge in [0.25, 0.3) is 0 Å². The van der Waals surface area contributed by atoms with E-state index in [-0.39, 0.29) is 17.9 Å². The lowest BCUT2D eigenvalue weighted by Gasteiger charge is -2.31. The molecule has 1 amide bonds. The number of nitrogens with one attached hydrogen (secondary N) is 1. The Morgan fingerprint density at radius 1 is 1.47 bits per heavy atom. The van der Waals surface area contributed by atoms with Gasteiger partial charge in [0.1, 0.15) is 0 Å². The van der Waals surface area contributed by atoms with Crippen molar-refractivity contribution in [1.82, 2.24) is 0 Å². The second-order valence-corrected chi connectivity index (χ2v) is 5.49. The summed E-state index contributed by atoms with van der Waals surface area (Å²) < 4.78 is 5.50. The fourth-order valence-corrected chi connectivity index (χ4v) is 3.05. The van der Waals surface area contributed by atoms with Crippen LogP contribution in [0.4, 0.5) is 11.4 Å². The summed E-state index contributed by atoms with van der Waals surface area (Å²) in [6.07, 6.45) is 1.02. The number of amides is 1. The molecule has 0 aliphatic carbocycles. The molecule has 0 bridgehead atoms. The SMILES string of the molecule is CCCN1c2cc(Cl)ccc2NC(=O)C2COCC21. The third kappa shape index (κ3) is 2.19. The first-order chi connectivity index (χ1) is 9.20. The van der Waals surface area contributed by atoms with Crippen LogP contribution < -0.4 is 10.2 Å². The lowest BCUT2D eigenvalue weighted by Crippen LogP contribution is -2.42. The number of carbonyl (C=O) groups is 1. The maximum Gasteiger partial charge on any atom is 0.232 e. The predicted octanol–water partition coefficient (Wildman–Crippen LogP) is 2.52. The third-order valence-corrected chi connectivity index (χ3v) is 4.01. The van der Waals surface area contributed by atoms with Gasteiger partial charge in [-0.3, -0.25) is 4.79 Å². The molecule has 2 heterocycles. The Morgan fingerprint density at radius 3 is 3.11 bits per heavy atom. The minimum atomic E-state index is -0.0993. The zero-order valence-electron chi connectivity index (χ0n) is 10.9. The Kier molecular flexibility index (Phi) is 3.37. The number of hydrogen-bond acceptors (Lipinski definition) is 3. The van der Waals surface area contributed by atoms with Gasteiger partial charge in [0.15, 0.2) is 0 Å². The first kappa shape index (κ1) is 12.8. The van der Waals surface area contributed by atoms with Crippen LogP contribution in [-0.2, 0) is 9.53 Å². The van der Waals surface area contributed by atoms with E-state index in [1.807, 2.05) is 18.2 Å². The van der Waals surface area contributed by atoms with E-state index < -0.39 is 0 Å². The van der Waals surface area contributed by atoms with E-state index in [0.29, 0.717) is 18.2 Å². The molecule has 0 radical (unpaired) electrons. The van der Waals surface area contributed by atoms with Crippen LogP contribution in [0.3, 0.4) is 0 Å². The number of anilines is 2. The van der Waals surface area contributed by atoms with Gasteiger partial charge in [-0.05, 0) is 24.6 Å². The van der Waals surface area contributed by atoms with Crippen molar-refractivity contribution in [3.63, 3.8) is 0 Å². The standard InChI is InChI=1S/C14H17ClN2O2/c1-2-5-17-12-6-9(15)3-4-11(12)16-14(18)10-7-19-8-13(10)17/h3-4,6,10,13H,2,5,7-8H2,1H3,(H,16,18). The van der Waals surface area contributed by atoms with Crippen LogP contribution in [0.5, 0.6) is 0 Å². The van der Waals surface area contributed by atoms with Crippen LogP contribution in [0.15, 0.2) is 18.2 Å². The molecule has 1 fully saturated rings. The van der Waals surface area contributed by atoms with Crippen LogP contribution in [0.25, 0.3) is 0 Å². The van der Waals surface area contributed by atoms with Crippen LogP contribution in [0.2, 0.25) is 5.02 Å². The fourth-order valence-electron chi connectivity index (χ4n) is 2.88. The number of hydrogen-bond donors (Lipinski definition) is 1. The largest absolute Gasteiger partial charge is 0.378 e. The minimum absolute atomic E-state index is 0.0460. The zero-order valence-corrected chi connectivity index (χ0v) is 11.6. The molecular formula is C14H17ClN2O2. The van der Waals surface area contributed by atoms with Gasteiger partial charge in [-0.1, -0.05) is 18.5 Å². The molecule has 4 nitrogen and oxygen atoms in total. The van der Waals surface area contributed by atoms with Gasteiger partial charge in [-0.25, -0.2) is 0 Å². The fraction of sp³-hybridized carbons (Fsp3) is 0.500. The summed E-state index contributed by atoms with van der Waals surface area (Å²) in [7, 11) is 0. The van der Waals surface area contributed by atoms with E-state index in [1.54, 1.807) is 0 Å². The Morgan fingerprint density at radius 2 is 2.32 bits per heavy atom. The Balaban J connectivity index is 2.07. The number of benzene rings is 1. The van der Waals surface area contributed by atoms with Crippen LogP contribution in [0.1, 0.15) is 13.3 Å². The lowest BCUT2D eigenvalue weighted by atomic mass is 10.0. The number of ether oxygens (including phenoxy) is 1. The highest BCUT2D eigenvalue weighted by molar-refractivity contribution is 6.31. The first-order valence-corrected chi connectivity index (χ1v) is 7.03. The third-order valence-electron chi connectivity index (χ3n) is 3.78. The highest BCUT2D eigenvalue weighted by atomic mass is 35.5. The molecule has 2 aliphatic heterocycles. The second kappa shape index (κ2) is 5.02. The molecule has 0 spiro atoms. The molecule has 0 aromatic heterocycles. The molecular weight excluding hydrogens is 264 g/mol. The summed E-state index contributed by atoms with van der Waals surface area (Å²) in [6.45, 7) is 4.13. The van der Waals surface area contributed by atoms with E-state index in [0.717, 1.165) is 24.3 Å². The first-order valence-electron chi connectivity index (χ1n) is 6.65. The highest BCUT2D eigenvalue weighted by Crippen LogP contribution is 2.37. The van der Waals surface area contributed by atoms with Crippen molar-refractivity contribution < 1.29 is 9.53 Å². The van der Waals surface area contributed by atoms with E-state index in [9.17, 15) is 4.79 Å². The molecule has 1 N–H and O–H groups in total. The maximum atomic E-state index is 12.2. The van der Waals surface area contributed by atoms with Gasteiger partial charge in [0.05, 0.1) is 36.5 Å². The summed E-state index contributed by atoms with van der Waals surface area (Å²) in [5.41, 5.74) is 1.85. The molecule has 1 aromatic rings. The number of carbonyl (C=O) groups excluding carboxylic acids is 1. The maximum absolute atomic E-state index is 12.2. The molecule has 102 valence electrons. The van der Waals surface area contributed by atoms with Crippen molar-refractivity contribution in [3.8, 4) is 0 Å².